The average Bonchev–Trinajstić information content (AvgIpc) is 2.50. The number of aromatic hydroxyl groups is 1. The molecule has 2 aromatic carbocycles. The zero-order valence-electron chi connectivity index (χ0n) is 11.5. The maximum absolute atomic E-state index is 13.0. The number of hydrazone groups is 1. The lowest BCUT2D eigenvalue weighted by atomic mass is 10.2. The Labute approximate surface area is 139 Å². The summed E-state index contributed by atoms with van der Waals surface area (Å²) in [5, 5.41) is 13.5. The first-order valence-corrected chi connectivity index (χ1v) is 7.24. The maximum atomic E-state index is 13.0. The zero-order chi connectivity index (χ0) is 16.1. The molecule has 0 unspecified atom stereocenters. The molecule has 0 fully saturated rings. The summed E-state index contributed by atoms with van der Waals surface area (Å²) in [7, 11) is 1.44. The first-order chi connectivity index (χ1) is 10.5. The highest BCUT2D eigenvalue weighted by Crippen LogP contribution is 2.31. The van der Waals surface area contributed by atoms with Gasteiger partial charge in [-0.15, -0.1) is 0 Å². The normalized spacial score (nSPS) is 10.7. The van der Waals surface area contributed by atoms with Gasteiger partial charge in [-0.3, -0.25) is 4.79 Å². The summed E-state index contributed by atoms with van der Waals surface area (Å²) >= 11 is 1.96. The number of carbonyl (C=O) groups excluding carboxylic acids is 1. The van der Waals surface area contributed by atoms with Crippen LogP contribution in [0.3, 0.4) is 0 Å². The largest absolute Gasteiger partial charge is 0.504 e. The topological polar surface area (TPSA) is 70.9 Å². The summed E-state index contributed by atoms with van der Waals surface area (Å²) in [6.07, 6.45) is 1.40. The minimum absolute atomic E-state index is 0.0454. The molecule has 2 N–H and O–H groups in total. The van der Waals surface area contributed by atoms with Crippen LogP contribution in [0.1, 0.15) is 15.9 Å². The standard InChI is InChI=1S/C15H12FIN2O3/c1-22-13-6-9(5-12(17)14(13)20)8-18-19-15(21)10-3-2-4-11(16)7-10/h2-8,20H,1H3,(H,19,21)/b18-8+. The SMILES string of the molecule is COc1cc(/C=N/NC(=O)c2cccc(F)c2)cc(I)c1O. The Hall–Kier alpha value is -2.16. The van der Waals surface area contributed by atoms with Crippen LogP contribution in [0.15, 0.2) is 41.5 Å². The molecule has 7 heteroatoms. The number of rotatable bonds is 4. The van der Waals surface area contributed by atoms with Gasteiger partial charge in [-0.1, -0.05) is 6.07 Å². The Kier molecular flexibility index (Phi) is 5.31. The van der Waals surface area contributed by atoms with Crippen molar-refractivity contribution in [2.45, 2.75) is 0 Å². The first kappa shape index (κ1) is 16.2. The Morgan fingerprint density at radius 2 is 2.18 bits per heavy atom. The van der Waals surface area contributed by atoms with Gasteiger partial charge in [-0.05, 0) is 58.5 Å². The second-order valence-electron chi connectivity index (χ2n) is 4.26. The zero-order valence-corrected chi connectivity index (χ0v) is 13.7. The van der Waals surface area contributed by atoms with Crippen LogP contribution < -0.4 is 10.2 Å². The lowest BCUT2D eigenvalue weighted by molar-refractivity contribution is 0.0954. The highest BCUT2D eigenvalue weighted by Gasteiger charge is 2.08. The Morgan fingerprint density at radius 1 is 1.41 bits per heavy atom. The number of phenolic OH excluding ortho intramolecular Hbond substituents is 1. The number of methoxy groups -OCH3 is 1. The van der Waals surface area contributed by atoms with E-state index in [0.717, 1.165) is 6.07 Å². The van der Waals surface area contributed by atoms with Crippen LogP contribution in [0.25, 0.3) is 0 Å². The summed E-state index contributed by atoms with van der Waals surface area (Å²) in [6.45, 7) is 0. The van der Waals surface area contributed by atoms with Gasteiger partial charge < -0.3 is 9.84 Å². The van der Waals surface area contributed by atoms with Crippen molar-refractivity contribution in [1.82, 2.24) is 5.43 Å². The minimum Gasteiger partial charge on any atom is -0.504 e. The Bertz CT molecular complexity index is 735. The van der Waals surface area contributed by atoms with Crippen molar-refractivity contribution in [1.29, 1.82) is 0 Å². The van der Waals surface area contributed by atoms with Gasteiger partial charge in [0, 0.05) is 5.56 Å². The fourth-order valence-electron chi connectivity index (χ4n) is 1.68. The summed E-state index contributed by atoms with van der Waals surface area (Å²) in [4.78, 5) is 11.8. The maximum Gasteiger partial charge on any atom is 0.271 e. The molecule has 0 bridgehead atoms. The second-order valence-corrected chi connectivity index (χ2v) is 5.43. The average molecular weight is 414 g/mol. The van der Waals surface area contributed by atoms with E-state index in [1.807, 2.05) is 22.6 Å². The molecule has 1 amide bonds. The number of nitrogens with zero attached hydrogens (tertiary/aromatic N) is 1. The van der Waals surface area contributed by atoms with Gasteiger partial charge in [0.15, 0.2) is 11.5 Å². The fraction of sp³-hybridized carbons (Fsp3) is 0.0667. The van der Waals surface area contributed by atoms with Crippen molar-refractivity contribution in [2.24, 2.45) is 5.10 Å². The van der Waals surface area contributed by atoms with E-state index in [1.54, 1.807) is 12.1 Å². The molecule has 0 aliphatic heterocycles. The van der Waals surface area contributed by atoms with E-state index in [9.17, 15) is 14.3 Å². The molecule has 0 saturated carbocycles. The van der Waals surface area contributed by atoms with E-state index in [-0.39, 0.29) is 11.3 Å². The smallest absolute Gasteiger partial charge is 0.271 e. The molecule has 0 aromatic heterocycles. The predicted octanol–water partition coefficient (Wildman–Crippen LogP) is 2.91. The van der Waals surface area contributed by atoms with Crippen LogP contribution in [-0.4, -0.2) is 24.3 Å². The van der Waals surface area contributed by atoms with E-state index >= 15 is 0 Å². The molecule has 0 aliphatic rings. The molecule has 0 spiro atoms. The number of phenols is 1. The summed E-state index contributed by atoms with van der Waals surface area (Å²) in [6, 6.07) is 8.56. The molecular weight excluding hydrogens is 402 g/mol. The number of amides is 1. The van der Waals surface area contributed by atoms with Gasteiger partial charge in [0.25, 0.3) is 5.91 Å². The molecule has 2 rings (SSSR count). The van der Waals surface area contributed by atoms with Gasteiger partial charge in [-0.2, -0.15) is 5.10 Å². The third-order valence-corrected chi connectivity index (χ3v) is 3.56. The van der Waals surface area contributed by atoms with E-state index in [1.165, 1.54) is 31.5 Å². The Balaban J connectivity index is 2.10. The minimum atomic E-state index is -0.517. The van der Waals surface area contributed by atoms with Gasteiger partial charge >= 0.3 is 0 Å². The van der Waals surface area contributed by atoms with E-state index < -0.39 is 11.7 Å². The summed E-state index contributed by atoms with van der Waals surface area (Å²) in [5.41, 5.74) is 3.12. The number of carbonyl (C=O) groups is 1. The third-order valence-electron chi connectivity index (χ3n) is 2.74. The quantitative estimate of drug-likeness (QED) is 0.459. The highest BCUT2D eigenvalue weighted by atomic mass is 127. The highest BCUT2D eigenvalue weighted by molar-refractivity contribution is 14.1. The van der Waals surface area contributed by atoms with Gasteiger partial charge in [0.05, 0.1) is 16.9 Å². The molecule has 2 aromatic rings. The van der Waals surface area contributed by atoms with Crippen LogP contribution in [0.5, 0.6) is 11.5 Å². The molecule has 114 valence electrons. The number of hydrogen-bond donors (Lipinski definition) is 2. The first-order valence-electron chi connectivity index (χ1n) is 6.16. The van der Waals surface area contributed by atoms with Crippen molar-refractivity contribution in [3.63, 3.8) is 0 Å². The molecule has 22 heavy (non-hydrogen) atoms. The molecular formula is C15H12FIN2O3. The van der Waals surface area contributed by atoms with Crippen LogP contribution in [0, 0.1) is 9.39 Å². The van der Waals surface area contributed by atoms with Gasteiger partial charge in [0.1, 0.15) is 5.82 Å². The molecule has 0 radical (unpaired) electrons. The van der Waals surface area contributed by atoms with Crippen LogP contribution in [0.2, 0.25) is 0 Å². The molecule has 0 saturated heterocycles. The Morgan fingerprint density at radius 3 is 2.86 bits per heavy atom. The van der Waals surface area contributed by atoms with Crippen molar-refractivity contribution in [3.05, 3.63) is 56.9 Å². The van der Waals surface area contributed by atoms with Gasteiger partial charge in [-0.25, -0.2) is 9.82 Å². The van der Waals surface area contributed by atoms with Crippen LogP contribution in [0.4, 0.5) is 4.39 Å². The molecule has 0 heterocycles. The lowest BCUT2D eigenvalue weighted by Gasteiger charge is -2.06. The monoisotopic (exact) mass is 414 g/mol. The van der Waals surface area contributed by atoms with Crippen molar-refractivity contribution in [2.75, 3.05) is 7.11 Å². The van der Waals surface area contributed by atoms with Crippen LogP contribution >= 0.6 is 22.6 Å². The van der Waals surface area contributed by atoms with Gasteiger partial charge in [0.2, 0.25) is 0 Å². The predicted molar refractivity (Wildman–Crippen MR) is 88.8 cm³/mol. The molecule has 0 atom stereocenters. The number of nitrogens with one attached hydrogen (secondary N) is 1. The number of benzene rings is 2. The lowest BCUT2D eigenvalue weighted by Crippen LogP contribution is -2.17. The summed E-state index contributed by atoms with van der Waals surface area (Å²) in [5.74, 6) is -0.653. The van der Waals surface area contributed by atoms with Crippen molar-refractivity contribution in [3.8, 4) is 11.5 Å². The van der Waals surface area contributed by atoms with Crippen LogP contribution in [-0.2, 0) is 0 Å². The van der Waals surface area contributed by atoms with E-state index in [0.29, 0.717) is 14.9 Å². The number of hydrogen-bond acceptors (Lipinski definition) is 4. The third kappa shape index (κ3) is 3.94. The van der Waals surface area contributed by atoms with E-state index in [4.69, 9.17) is 4.74 Å². The summed E-state index contributed by atoms with van der Waals surface area (Å²) < 4.78 is 18.6. The number of ether oxygens (including phenoxy) is 1. The second kappa shape index (κ2) is 7.21. The van der Waals surface area contributed by atoms with Crippen molar-refractivity contribution >= 4 is 34.7 Å². The molecule has 5 nitrogen and oxygen atoms in total. The van der Waals surface area contributed by atoms with Crippen molar-refractivity contribution < 1.29 is 19.0 Å². The fourth-order valence-corrected chi connectivity index (χ4v) is 2.31. The van der Waals surface area contributed by atoms with E-state index in [2.05, 4.69) is 10.5 Å². The molecule has 0 aliphatic carbocycles. The number of halogens is 2.